The first-order valence-electron chi connectivity index (χ1n) is 6.91. The molecule has 3 heteroatoms. The molecule has 20 heavy (non-hydrogen) atoms. The molecule has 2 aromatic rings. The summed E-state index contributed by atoms with van der Waals surface area (Å²) in [4.78, 5) is 18.1. The van der Waals surface area contributed by atoms with Crippen LogP contribution in [0.4, 0.5) is 0 Å². The molecule has 3 nitrogen and oxygen atoms in total. The van der Waals surface area contributed by atoms with Gasteiger partial charge in [0.05, 0.1) is 0 Å². The van der Waals surface area contributed by atoms with Crippen LogP contribution in [-0.2, 0) is 6.54 Å². The molecule has 0 radical (unpaired) electrons. The minimum absolute atomic E-state index is 0.172. The van der Waals surface area contributed by atoms with E-state index in [-0.39, 0.29) is 5.78 Å². The number of hydrogen-bond acceptors (Lipinski definition) is 3. The van der Waals surface area contributed by atoms with Gasteiger partial charge in [-0.1, -0.05) is 30.3 Å². The molecular formula is C17H20N2O. The number of rotatable bonds is 7. The summed E-state index contributed by atoms with van der Waals surface area (Å²) in [6.07, 6.45) is 4.77. The Morgan fingerprint density at radius 1 is 1.15 bits per heavy atom. The fraction of sp³-hybridized carbons (Fsp3) is 0.294. The van der Waals surface area contributed by atoms with E-state index in [2.05, 4.69) is 41.2 Å². The Hall–Kier alpha value is -2.00. The molecule has 0 saturated carbocycles. The van der Waals surface area contributed by atoms with Crippen molar-refractivity contribution in [1.82, 2.24) is 9.88 Å². The van der Waals surface area contributed by atoms with E-state index in [1.54, 1.807) is 18.5 Å². The average molecular weight is 268 g/mol. The molecule has 0 unspecified atom stereocenters. The van der Waals surface area contributed by atoms with Gasteiger partial charge < -0.3 is 4.90 Å². The summed E-state index contributed by atoms with van der Waals surface area (Å²) in [5, 5.41) is 0. The van der Waals surface area contributed by atoms with E-state index in [0.717, 1.165) is 19.5 Å². The zero-order valence-electron chi connectivity index (χ0n) is 11.8. The van der Waals surface area contributed by atoms with Gasteiger partial charge in [-0.3, -0.25) is 9.78 Å². The first-order chi connectivity index (χ1) is 9.75. The van der Waals surface area contributed by atoms with Gasteiger partial charge in [0.15, 0.2) is 5.78 Å². The number of hydrogen-bond donors (Lipinski definition) is 0. The van der Waals surface area contributed by atoms with Crippen LogP contribution in [0.1, 0.15) is 28.8 Å². The van der Waals surface area contributed by atoms with Gasteiger partial charge >= 0.3 is 0 Å². The molecule has 0 aliphatic carbocycles. The Morgan fingerprint density at radius 3 is 2.65 bits per heavy atom. The lowest BCUT2D eigenvalue weighted by Crippen LogP contribution is -2.19. The summed E-state index contributed by atoms with van der Waals surface area (Å²) in [5.41, 5.74) is 2.01. The predicted molar refractivity (Wildman–Crippen MR) is 80.6 cm³/mol. The summed E-state index contributed by atoms with van der Waals surface area (Å²) in [6, 6.07) is 14.0. The third kappa shape index (κ3) is 4.59. The van der Waals surface area contributed by atoms with Gasteiger partial charge in [-0.25, -0.2) is 0 Å². The van der Waals surface area contributed by atoms with Gasteiger partial charge in [-0.05, 0) is 37.7 Å². The summed E-state index contributed by atoms with van der Waals surface area (Å²) in [6.45, 7) is 1.84. The van der Waals surface area contributed by atoms with Crippen molar-refractivity contribution in [3.8, 4) is 0 Å². The number of nitrogens with zero attached hydrogens (tertiary/aromatic N) is 2. The van der Waals surface area contributed by atoms with E-state index in [9.17, 15) is 4.79 Å². The molecule has 0 N–H and O–H groups in total. The SMILES string of the molecule is CN(CCCC(=O)c1cccnc1)Cc1ccccc1. The second-order valence-corrected chi connectivity index (χ2v) is 4.99. The standard InChI is InChI=1S/C17H20N2O/c1-19(14-15-7-3-2-4-8-15)12-6-10-17(20)16-9-5-11-18-13-16/h2-5,7-9,11,13H,6,10,12,14H2,1H3. The van der Waals surface area contributed by atoms with Crippen molar-refractivity contribution < 1.29 is 4.79 Å². The fourth-order valence-electron chi connectivity index (χ4n) is 2.16. The second-order valence-electron chi connectivity index (χ2n) is 4.99. The first-order valence-corrected chi connectivity index (χ1v) is 6.91. The smallest absolute Gasteiger partial charge is 0.164 e. The minimum atomic E-state index is 0.172. The van der Waals surface area contributed by atoms with Crippen molar-refractivity contribution >= 4 is 5.78 Å². The highest BCUT2D eigenvalue weighted by molar-refractivity contribution is 5.95. The molecule has 1 aromatic heterocycles. The van der Waals surface area contributed by atoms with Crippen LogP contribution in [0.5, 0.6) is 0 Å². The number of aromatic nitrogens is 1. The van der Waals surface area contributed by atoms with E-state index < -0.39 is 0 Å². The highest BCUT2D eigenvalue weighted by Crippen LogP contribution is 2.06. The summed E-state index contributed by atoms with van der Waals surface area (Å²) in [7, 11) is 2.08. The second kappa shape index (κ2) is 7.56. The van der Waals surface area contributed by atoms with Crippen LogP contribution in [0.2, 0.25) is 0 Å². The molecule has 0 spiro atoms. The predicted octanol–water partition coefficient (Wildman–Crippen LogP) is 3.18. The highest BCUT2D eigenvalue weighted by atomic mass is 16.1. The Morgan fingerprint density at radius 2 is 1.95 bits per heavy atom. The van der Waals surface area contributed by atoms with Crippen LogP contribution < -0.4 is 0 Å². The van der Waals surface area contributed by atoms with Crippen LogP contribution in [0, 0.1) is 0 Å². The molecule has 0 atom stereocenters. The molecule has 0 fully saturated rings. The van der Waals surface area contributed by atoms with Crippen molar-refractivity contribution in [2.75, 3.05) is 13.6 Å². The number of carbonyl (C=O) groups excluding carboxylic acids is 1. The van der Waals surface area contributed by atoms with Gasteiger partial charge in [-0.2, -0.15) is 0 Å². The Kier molecular flexibility index (Phi) is 5.44. The van der Waals surface area contributed by atoms with Crippen LogP contribution in [0.25, 0.3) is 0 Å². The number of benzene rings is 1. The molecule has 0 aliphatic heterocycles. The molecule has 0 bridgehead atoms. The molecule has 0 aliphatic rings. The lowest BCUT2D eigenvalue weighted by molar-refractivity contribution is 0.0975. The Bertz CT molecular complexity index is 525. The van der Waals surface area contributed by atoms with E-state index in [0.29, 0.717) is 12.0 Å². The number of carbonyl (C=O) groups is 1. The molecule has 0 amide bonds. The van der Waals surface area contributed by atoms with Gasteiger partial charge in [0.25, 0.3) is 0 Å². The maximum Gasteiger partial charge on any atom is 0.164 e. The van der Waals surface area contributed by atoms with Crippen LogP contribution >= 0.6 is 0 Å². The quantitative estimate of drug-likeness (QED) is 0.723. The van der Waals surface area contributed by atoms with Crippen LogP contribution in [-0.4, -0.2) is 29.3 Å². The maximum atomic E-state index is 11.9. The van der Waals surface area contributed by atoms with Crippen molar-refractivity contribution in [2.45, 2.75) is 19.4 Å². The molecule has 2 rings (SSSR count). The molecule has 1 heterocycles. The monoisotopic (exact) mass is 268 g/mol. The van der Waals surface area contributed by atoms with Gasteiger partial charge in [-0.15, -0.1) is 0 Å². The zero-order chi connectivity index (χ0) is 14.2. The molecule has 104 valence electrons. The molecule has 0 saturated heterocycles. The van der Waals surface area contributed by atoms with Crippen LogP contribution in [0.15, 0.2) is 54.9 Å². The Labute approximate surface area is 120 Å². The summed E-state index contributed by atoms with van der Waals surface area (Å²) >= 11 is 0. The van der Waals surface area contributed by atoms with Crippen molar-refractivity contribution in [3.63, 3.8) is 0 Å². The van der Waals surface area contributed by atoms with E-state index in [1.807, 2.05) is 12.1 Å². The van der Waals surface area contributed by atoms with E-state index in [1.165, 1.54) is 5.56 Å². The van der Waals surface area contributed by atoms with E-state index in [4.69, 9.17) is 0 Å². The maximum absolute atomic E-state index is 11.9. The third-order valence-corrected chi connectivity index (χ3v) is 3.22. The molecular weight excluding hydrogens is 248 g/mol. The average Bonchev–Trinajstić information content (AvgIpc) is 2.49. The summed E-state index contributed by atoms with van der Waals surface area (Å²) in [5.74, 6) is 0.172. The zero-order valence-corrected chi connectivity index (χ0v) is 11.8. The topological polar surface area (TPSA) is 33.2 Å². The summed E-state index contributed by atoms with van der Waals surface area (Å²) < 4.78 is 0. The number of ketones is 1. The largest absolute Gasteiger partial charge is 0.302 e. The minimum Gasteiger partial charge on any atom is -0.302 e. The lowest BCUT2D eigenvalue weighted by atomic mass is 10.1. The normalized spacial score (nSPS) is 10.7. The van der Waals surface area contributed by atoms with Gasteiger partial charge in [0.2, 0.25) is 0 Å². The molecule has 1 aromatic carbocycles. The van der Waals surface area contributed by atoms with Gasteiger partial charge in [0, 0.05) is 30.9 Å². The first kappa shape index (κ1) is 14.4. The Balaban J connectivity index is 1.72. The number of pyridine rings is 1. The van der Waals surface area contributed by atoms with Crippen molar-refractivity contribution in [3.05, 3.63) is 66.0 Å². The third-order valence-electron chi connectivity index (χ3n) is 3.22. The lowest BCUT2D eigenvalue weighted by Gasteiger charge is -2.16. The van der Waals surface area contributed by atoms with Crippen molar-refractivity contribution in [1.29, 1.82) is 0 Å². The van der Waals surface area contributed by atoms with Crippen molar-refractivity contribution in [2.24, 2.45) is 0 Å². The van der Waals surface area contributed by atoms with Crippen LogP contribution in [0.3, 0.4) is 0 Å². The van der Waals surface area contributed by atoms with E-state index >= 15 is 0 Å². The fourth-order valence-corrected chi connectivity index (χ4v) is 2.16. The number of Topliss-reactive ketones (excluding diaryl/α,β-unsaturated/α-hetero) is 1. The van der Waals surface area contributed by atoms with Gasteiger partial charge in [0.1, 0.15) is 0 Å². The highest BCUT2D eigenvalue weighted by Gasteiger charge is 2.06.